The van der Waals surface area contributed by atoms with Crippen LogP contribution in [-0.4, -0.2) is 11.1 Å². The quantitative estimate of drug-likeness (QED) is 0.0621. The first-order valence-electron chi connectivity index (χ1n) is 27.9. The van der Waals surface area contributed by atoms with Gasteiger partial charge in [-0.1, -0.05) is 335 Å². The highest BCUT2D eigenvalue weighted by Gasteiger charge is 2.16. The smallest absolute Gasteiger partial charge is 0.306 e. The predicted molar refractivity (Wildman–Crippen MR) is 263 cm³/mol. The maximum atomic E-state index is 11.8. The van der Waals surface area contributed by atoms with Gasteiger partial charge >= 0.3 is 5.97 Å². The summed E-state index contributed by atoms with van der Waals surface area (Å²) in [5.41, 5.74) is 0. The van der Waals surface area contributed by atoms with E-state index < -0.39 is 5.97 Å². The minimum atomic E-state index is -0.548. The fraction of sp³-hybridized carbons (Fsp3) is 0.982. The van der Waals surface area contributed by atoms with Crippen molar-refractivity contribution in [2.75, 3.05) is 0 Å². The summed E-state index contributed by atoms with van der Waals surface area (Å²) in [5, 5.41) is 9.75. The van der Waals surface area contributed by atoms with E-state index in [1.165, 1.54) is 308 Å². The molecule has 0 saturated heterocycles. The summed E-state index contributed by atoms with van der Waals surface area (Å²) in [7, 11) is 0. The van der Waals surface area contributed by atoms with E-state index in [-0.39, 0.29) is 5.92 Å². The lowest BCUT2D eigenvalue weighted by atomic mass is 9.94. The van der Waals surface area contributed by atoms with Crippen molar-refractivity contribution < 1.29 is 9.90 Å². The van der Waals surface area contributed by atoms with Gasteiger partial charge in [-0.15, -0.1) is 0 Å². The minimum Gasteiger partial charge on any atom is -0.481 e. The fourth-order valence-corrected chi connectivity index (χ4v) is 9.45. The van der Waals surface area contributed by atoms with Gasteiger partial charge in [-0.3, -0.25) is 4.79 Å². The highest BCUT2D eigenvalue weighted by Crippen LogP contribution is 2.21. The Labute approximate surface area is 368 Å². The van der Waals surface area contributed by atoms with Crippen LogP contribution in [0.5, 0.6) is 0 Å². The van der Waals surface area contributed by atoms with Gasteiger partial charge in [0.1, 0.15) is 0 Å². The predicted octanol–water partition coefficient (Wildman–Crippen LogP) is 21.0. The number of rotatable bonds is 53. The second kappa shape index (κ2) is 52.6. The van der Waals surface area contributed by atoms with E-state index in [2.05, 4.69) is 13.8 Å². The molecule has 1 atom stereocenters. The Kier molecular flexibility index (Phi) is 52.1. The van der Waals surface area contributed by atoms with Crippen molar-refractivity contribution in [1.82, 2.24) is 0 Å². The molecule has 0 spiro atoms. The average Bonchev–Trinajstić information content (AvgIpc) is 3.22. The summed E-state index contributed by atoms with van der Waals surface area (Å²) in [6.07, 6.45) is 72.5. The first kappa shape index (κ1) is 57.5. The van der Waals surface area contributed by atoms with E-state index in [4.69, 9.17) is 0 Å². The van der Waals surface area contributed by atoms with Crippen LogP contribution in [0, 0.1) is 5.92 Å². The van der Waals surface area contributed by atoms with Gasteiger partial charge in [-0.05, 0) is 12.8 Å². The molecular formula is C56H112O2. The average molecular weight is 818 g/mol. The van der Waals surface area contributed by atoms with Crippen molar-refractivity contribution in [1.29, 1.82) is 0 Å². The number of unbranched alkanes of at least 4 members (excludes halogenated alkanes) is 48. The zero-order chi connectivity index (χ0) is 41.9. The Hall–Kier alpha value is -0.530. The van der Waals surface area contributed by atoms with Crippen molar-refractivity contribution in [2.24, 2.45) is 5.92 Å². The normalized spacial score (nSPS) is 12.2. The Morgan fingerprint density at radius 1 is 0.241 bits per heavy atom. The van der Waals surface area contributed by atoms with E-state index in [9.17, 15) is 9.90 Å². The molecule has 2 heteroatoms. The molecule has 0 aromatic carbocycles. The molecule has 0 fully saturated rings. The molecule has 0 saturated carbocycles. The van der Waals surface area contributed by atoms with Crippen LogP contribution >= 0.6 is 0 Å². The van der Waals surface area contributed by atoms with Crippen LogP contribution in [0.25, 0.3) is 0 Å². The fourth-order valence-electron chi connectivity index (χ4n) is 9.45. The van der Waals surface area contributed by atoms with Gasteiger partial charge < -0.3 is 5.11 Å². The van der Waals surface area contributed by atoms with E-state index in [0.717, 1.165) is 25.7 Å². The monoisotopic (exact) mass is 817 g/mol. The Morgan fingerprint density at radius 2 is 0.362 bits per heavy atom. The SMILES string of the molecule is CCCCCCCCCCCCCCCCCCCCCCCCCCCCC(CCCCCCCCCCCCCCCCCCCCCCCCCC)C(=O)O. The molecule has 58 heavy (non-hydrogen) atoms. The molecule has 0 heterocycles. The number of carboxylic acids is 1. The molecule has 0 bridgehead atoms. The van der Waals surface area contributed by atoms with Gasteiger partial charge in [-0.25, -0.2) is 0 Å². The number of hydrogen-bond donors (Lipinski definition) is 1. The van der Waals surface area contributed by atoms with Crippen LogP contribution in [0.3, 0.4) is 0 Å². The van der Waals surface area contributed by atoms with Crippen LogP contribution in [0.4, 0.5) is 0 Å². The van der Waals surface area contributed by atoms with Crippen LogP contribution in [0.15, 0.2) is 0 Å². The van der Waals surface area contributed by atoms with Gasteiger partial charge in [0.15, 0.2) is 0 Å². The molecule has 348 valence electrons. The Morgan fingerprint density at radius 3 is 0.483 bits per heavy atom. The van der Waals surface area contributed by atoms with Crippen LogP contribution in [0.2, 0.25) is 0 Å². The van der Waals surface area contributed by atoms with Crippen molar-refractivity contribution >= 4 is 5.97 Å². The third-order valence-corrected chi connectivity index (χ3v) is 13.7. The van der Waals surface area contributed by atoms with E-state index >= 15 is 0 Å². The first-order chi connectivity index (χ1) is 28.7. The summed E-state index contributed by atoms with van der Waals surface area (Å²) < 4.78 is 0. The lowest BCUT2D eigenvalue weighted by molar-refractivity contribution is -0.142. The number of aliphatic carboxylic acids is 1. The summed E-state index contributed by atoms with van der Waals surface area (Å²) in [6, 6.07) is 0. The van der Waals surface area contributed by atoms with Crippen molar-refractivity contribution in [3.8, 4) is 0 Å². The molecule has 0 aliphatic rings. The van der Waals surface area contributed by atoms with E-state index in [0.29, 0.717) is 0 Å². The molecule has 1 unspecified atom stereocenters. The number of hydrogen-bond acceptors (Lipinski definition) is 1. The molecule has 0 radical (unpaired) electrons. The topological polar surface area (TPSA) is 37.3 Å². The molecule has 0 aliphatic carbocycles. The molecule has 0 aliphatic heterocycles. The highest BCUT2D eigenvalue weighted by molar-refractivity contribution is 5.69. The molecule has 1 N–H and O–H groups in total. The molecular weight excluding hydrogens is 705 g/mol. The molecule has 0 amide bonds. The lowest BCUT2D eigenvalue weighted by Gasteiger charge is -2.12. The second-order valence-electron chi connectivity index (χ2n) is 19.6. The van der Waals surface area contributed by atoms with Crippen molar-refractivity contribution in [3.05, 3.63) is 0 Å². The standard InChI is InChI=1S/C56H112O2/c1-3-5-7-9-11-13-15-17-19-21-23-25-27-29-30-32-34-36-38-40-42-44-46-48-50-52-54-55(56(57)58)53-51-49-47-45-43-41-39-37-35-33-31-28-26-24-22-20-18-16-14-12-10-8-6-4-2/h55H,3-54H2,1-2H3,(H,57,58). The number of carboxylic acid groups (broad SMARTS) is 1. The minimum absolute atomic E-state index is 0.103. The highest BCUT2D eigenvalue weighted by atomic mass is 16.4. The van der Waals surface area contributed by atoms with Crippen LogP contribution in [0.1, 0.15) is 348 Å². The molecule has 0 rings (SSSR count). The third kappa shape index (κ3) is 49.8. The molecule has 0 aromatic heterocycles. The van der Waals surface area contributed by atoms with Crippen LogP contribution < -0.4 is 0 Å². The molecule has 0 aromatic rings. The largest absolute Gasteiger partial charge is 0.481 e. The van der Waals surface area contributed by atoms with E-state index in [1.807, 2.05) is 0 Å². The van der Waals surface area contributed by atoms with Gasteiger partial charge in [0.05, 0.1) is 5.92 Å². The lowest BCUT2D eigenvalue weighted by Crippen LogP contribution is -2.13. The first-order valence-corrected chi connectivity index (χ1v) is 27.9. The summed E-state index contributed by atoms with van der Waals surface area (Å²) >= 11 is 0. The Balaban J connectivity index is 3.31. The third-order valence-electron chi connectivity index (χ3n) is 13.7. The second-order valence-corrected chi connectivity index (χ2v) is 19.6. The maximum Gasteiger partial charge on any atom is 0.306 e. The zero-order valence-corrected chi connectivity index (χ0v) is 40.7. The van der Waals surface area contributed by atoms with Gasteiger partial charge in [0.2, 0.25) is 0 Å². The summed E-state index contributed by atoms with van der Waals surface area (Å²) in [5.74, 6) is -0.650. The van der Waals surface area contributed by atoms with Crippen molar-refractivity contribution in [2.45, 2.75) is 348 Å². The van der Waals surface area contributed by atoms with Gasteiger partial charge in [-0.2, -0.15) is 0 Å². The Bertz CT molecular complexity index is 732. The number of carbonyl (C=O) groups is 1. The maximum absolute atomic E-state index is 11.8. The van der Waals surface area contributed by atoms with Gasteiger partial charge in [0.25, 0.3) is 0 Å². The van der Waals surface area contributed by atoms with E-state index in [1.54, 1.807) is 0 Å². The molecule has 2 nitrogen and oxygen atoms in total. The summed E-state index contributed by atoms with van der Waals surface area (Å²) in [6.45, 7) is 4.61. The van der Waals surface area contributed by atoms with Gasteiger partial charge in [0, 0.05) is 0 Å². The summed E-state index contributed by atoms with van der Waals surface area (Å²) in [4.78, 5) is 11.8. The van der Waals surface area contributed by atoms with Crippen LogP contribution in [-0.2, 0) is 4.79 Å². The van der Waals surface area contributed by atoms with Crippen molar-refractivity contribution in [3.63, 3.8) is 0 Å². The zero-order valence-electron chi connectivity index (χ0n) is 40.7.